The molecular weight excluding hydrogens is 350 g/mol. The van der Waals surface area contributed by atoms with Gasteiger partial charge in [0.05, 0.1) is 24.2 Å². The highest BCUT2D eigenvalue weighted by Gasteiger charge is 2.44. The van der Waals surface area contributed by atoms with E-state index >= 15 is 0 Å². The van der Waals surface area contributed by atoms with E-state index in [4.69, 9.17) is 4.74 Å². The lowest BCUT2D eigenvalue weighted by atomic mass is 9.78. The molecule has 28 heavy (non-hydrogen) atoms. The van der Waals surface area contributed by atoms with Crippen molar-refractivity contribution in [3.8, 4) is 11.1 Å². The average Bonchev–Trinajstić information content (AvgIpc) is 2.69. The summed E-state index contributed by atoms with van der Waals surface area (Å²) >= 11 is 0. The summed E-state index contributed by atoms with van der Waals surface area (Å²) in [5.74, 6) is 0.171. The molecule has 2 aromatic carbocycles. The molecule has 1 unspecified atom stereocenters. The predicted octanol–water partition coefficient (Wildman–Crippen LogP) is 3.82. The molecule has 2 aromatic rings. The molecule has 2 heterocycles. The van der Waals surface area contributed by atoms with Crippen LogP contribution in [0.1, 0.15) is 38.2 Å². The minimum absolute atomic E-state index is 0.171. The minimum atomic E-state index is -0.648. The van der Waals surface area contributed by atoms with Crippen LogP contribution >= 0.6 is 0 Å². The summed E-state index contributed by atoms with van der Waals surface area (Å²) in [5.41, 5.74) is 2.49. The van der Waals surface area contributed by atoms with Gasteiger partial charge in [0.25, 0.3) is 0 Å². The van der Waals surface area contributed by atoms with E-state index in [0.717, 1.165) is 18.4 Å². The Morgan fingerprint density at radius 1 is 1.00 bits per heavy atom. The number of likely N-dealkylation sites (tertiary alicyclic amines) is 1. The number of piperidine rings is 1. The molecule has 4 rings (SSSR count). The summed E-state index contributed by atoms with van der Waals surface area (Å²) in [5, 5.41) is 10.4. The number of amides is 1. The Kier molecular flexibility index (Phi) is 5.26. The molecule has 1 N–H and O–H groups in total. The highest BCUT2D eigenvalue weighted by Crippen LogP contribution is 2.39. The van der Waals surface area contributed by atoms with Crippen LogP contribution in [0.3, 0.4) is 0 Å². The Balaban J connectivity index is 1.34. The molecule has 1 atom stereocenters. The van der Waals surface area contributed by atoms with Crippen molar-refractivity contribution >= 4 is 5.91 Å². The van der Waals surface area contributed by atoms with Crippen molar-refractivity contribution < 1.29 is 14.6 Å². The quantitative estimate of drug-likeness (QED) is 0.882. The minimum Gasteiger partial charge on any atom is -0.390 e. The largest absolute Gasteiger partial charge is 0.390 e. The topological polar surface area (TPSA) is 49.8 Å². The first kappa shape index (κ1) is 19.2. The van der Waals surface area contributed by atoms with Crippen molar-refractivity contribution in [1.82, 2.24) is 4.90 Å². The van der Waals surface area contributed by atoms with Crippen LogP contribution in [-0.4, -0.2) is 46.8 Å². The van der Waals surface area contributed by atoms with E-state index in [9.17, 15) is 9.90 Å². The van der Waals surface area contributed by atoms with Gasteiger partial charge < -0.3 is 14.7 Å². The molecule has 4 heteroatoms. The summed E-state index contributed by atoms with van der Waals surface area (Å²) < 4.78 is 6.05. The van der Waals surface area contributed by atoms with Gasteiger partial charge in [-0.2, -0.15) is 0 Å². The van der Waals surface area contributed by atoms with E-state index in [1.807, 2.05) is 42.2 Å². The molecule has 0 radical (unpaired) electrons. The Hall–Kier alpha value is -2.17. The number of benzene rings is 2. The fourth-order valence-electron chi connectivity index (χ4n) is 4.54. The number of hydrogen-bond acceptors (Lipinski definition) is 3. The van der Waals surface area contributed by atoms with E-state index in [2.05, 4.69) is 24.3 Å². The summed E-state index contributed by atoms with van der Waals surface area (Å²) in [6.07, 6.45) is 3.41. The van der Waals surface area contributed by atoms with E-state index in [0.29, 0.717) is 39.0 Å². The van der Waals surface area contributed by atoms with Crippen molar-refractivity contribution in [3.05, 3.63) is 60.2 Å². The van der Waals surface area contributed by atoms with Crippen LogP contribution in [0, 0.1) is 0 Å². The van der Waals surface area contributed by atoms with Crippen molar-refractivity contribution in [3.63, 3.8) is 0 Å². The predicted molar refractivity (Wildman–Crippen MR) is 110 cm³/mol. The zero-order valence-corrected chi connectivity index (χ0v) is 16.6. The van der Waals surface area contributed by atoms with Gasteiger partial charge in [0.2, 0.25) is 5.91 Å². The fourth-order valence-corrected chi connectivity index (χ4v) is 4.54. The van der Waals surface area contributed by atoms with Gasteiger partial charge in [0.15, 0.2) is 0 Å². The molecule has 2 saturated heterocycles. The number of ether oxygens (including phenoxy) is 1. The Bertz CT molecular complexity index is 806. The summed E-state index contributed by atoms with van der Waals surface area (Å²) in [6.45, 7) is 3.91. The van der Waals surface area contributed by atoms with Gasteiger partial charge in [-0.1, -0.05) is 54.6 Å². The molecular formula is C24H29NO3. The number of rotatable bonds is 3. The fraction of sp³-hybridized carbons (Fsp3) is 0.458. The average molecular weight is 380 g/mol. The molecule has 1 spiro atoms. The van der Waals surface area contributed by atoms with Crippen molar-refractivity contribution in [2.45, 2.75) is 50.2 Å². The van der Waals surface area contributed by atoms with E-state index in [1.165, 1.54) is 11.1 Å². The molecule has 0 bridgehead atoms. The lowest BCUT2D eigenvalue weighted by molar-refractivity contribution is -0.175. The number of carbonyl (C=O) groups is 1. The van der Waals surface area contributed by atoms with E-state index < -0.39 is 5.60 Å². The highest BCUT2D eigenvalue weighted by atomic mass is 16.5. The van der Waals surface area contributed by atoms with Crippen LogP contribution in [0.25, 0.3) is 11.1 Å². The Labute approximate surface area is 167 Å². The molecule has 2 fully saturated rings. The Morgan fingerprint density at radius 3 is 2.29 bits per heavy atom. The molecule has 0 saturated carbocycles. The molecule has 2 aliphatic rings. The first-order chi connectivity index (χ1) is 13.4. The molecule has 2 aliphatic heterocycles. The lowest BCUT2D eigenvalue weighted by Gasteiger charge is -2.48. The second kappa shape index (κ2) is 7.69. The van der Waals surface area contributed by atoms with Gasteiger partial charge in [-0.25, -0.2) is 0 Å². The monoisotopic (exact) mass is 379 g/mol. The molecule has 1 amide bonds. The number of nitrogens with zero attached hydrogens (tertiary/aromatic N) is 1. The smallest absolute Gasteiger partial charge is 0.226 e. The maximum Gasteiger partial charge on any atom is 0.226 e. The SMILES string of the molecule is CC1(O)CCOC2(CCN(C(=O)Cc3ccc(-c4ccccc4)cc3)CC2)C1. The van der Waals surface area contributed by atoms with E-state index in [-0.39, 0.29) is 11.5 Å². The van der Waals surface area contributed by atoms with Gasteiger partial charge in [0.1, 0.15) is 0 Å². The molecule has 4 nitrogen and oxygen atoms in total. The van der Waals surface area contributed by atoms with Gasteiger partial charge in [-0.15, -0.1) is 0 Å². The van der Waals surface area contributed by atoms with Crippen LogP contribution < -0.4 is 0 Å². The number of aliphatic hydroxyl groups is 1. The zero-order chi connectivity index (χ0) is 19.6. The standard InChI is InChI=1S/C24H29NO3/c1-23(27)13-16-28-24(18-23)11-14-25(15-12-24)22(26)17-19-7-9-21(10-8-19)20-5-3-2-4-6-20/h2-10,27H,11-18H2,1H3. The van der Waals surface area contributed by atoms with Crippen LogP contribution in [-0.2, 0) is 16.0 Å². The van der Waals surface area contributed by atoms with E-state index in [1.54, 1.807) is 0 Å². The molecule has 148 valence electrons. The van der Waals surface area contributed by atoms with Crippen LogP contribution in [0.4, 0.5) is 0 Å². The summed E-state index contributed by atoms with van der Waals surface area (Å²) in [7, 11) is 0. The normalized spacial score (nSPS) is 24.3. The summed E-state index contributed by atoms with van der Waals surface area (Å²) in [6, 6.07) is 18.5. The van der Waals surface area contributed by atoms with Crippen molar-refractivity contribution in [2.24, 2.45) is 0 Å². The van der Waals surface area contributed by atoms with Crippen LogP contribution in [0.2, 0.25) is 0 Å². The zero-order valence-electron chi connectivity index (χ0n) is 16.6. The maximum absolute atomic E-state index is 12.8. The third-order valence-corrected chi connectivity index (χ3v) is 6.20. The molecule has 0 aliphatic carbocycles. The van der Waals surface area contributed by atoms with Gasteiger partial charge in [-0.3, -0.25) is 4.79 Å². The third kappa shape index (κ3) is 4.29. The van der Waals surface area contributed by atoms with Gasteiger partial charge >= 0.3 is 0 Å². The summed E-state index contributed by atoms with van der Waals surface area (Å²) in [4.78, 5) is 14.7. The van der Waals surface area contributed by atoms with Crippen molar-refractivity contribution in [2.75, 3.05) is 19.7 Å². The second-order valence-electron chi connectivity index (χ2n) is 8.58. The van der Waals surface area contributed by atoms with Gasteiger partial charge in [0, 0.05) is 19.5 Å². The Morgan fingerprint density at radius 2 is 1.64 bits per heavy atom. The second-order valence-corrected chi connectivity index (χ2v) is 8.58. The highest BCUT2D eigenvalue weighted by molar-refractivity contribution is 5.79. The van der Waals surface area contributed by atoms with Crippen LogP contribution in [0.15, 0.2) is 54.6 Å². The lowest BCUT2D eigenvalue weighted by Crippen LogP contribution is -2.54. The first-order valence-corrected chi connectivity index (χ1v) is 10.2. The maximum atomic E-state index is 12.8. The third-order valence-electron chi connectivity index (χ3n) is 6.20. The molecule has 0 aromatic heterocycles. The van der Waals surface area contributed by atoms with Gasteiger partial charge in [-0.05, 0) is 42.9 Å². The van der Waals surface area contributed by atoms with Crippen LogP contribution in [0.5, 0.6) is 0 Å². The number of hydrogen-bond donors (Lipinski definition) is 1. The first-order valence-electron chi connectivity index (χ1n) is 10.2. The van der Waals surface area contributed by atoms with Crippen molar-refractivity contribution in [1.29, 1.82) is 0 Å². The number of carbonyl (C=O) groups excluding carboxylic acids is 1.